The Morgan fingerprint density at radius 2 is 1.63 bits per heavy atom. The zero-order chi connectivity index (χ0) is 13.7. The van der Waals surface area contributed by atoms with Crippen LogP contribution in [0.4, 0.5) is 16.2 Å². The van der Waals surface area contributed by atoms with Gasteiger partial charge >= 0.3 is 6.03 Å². The molecule has 0 aromatic heterocycles. The predicted octanol–water partition coefficient (Wildman–Crippen LogP) is 3.30. The first-order valence-electron chi connectivity index (χ1n) is 6.10. The van der Waals surface area contributed by atoms with E-state index in [4.69, 9.17) is 10.5 Å². The van der Waals surface area contributed by atoms with Crippen LogP contribution in [0.25, 0.3) is 0 Å². The molecule has 2 aromatic rings. The van der Waals surface area contributed by atoms with Crippen molar-refractivity contribution in [2.24, 2.45) is 5.73 Å². The van der Waals surface area contributed by atoms with Gasteiger partial charge in [0.2, 0.25) is 0 Å². The van der Waals surface area contributed by atoms with E-state index in [1.54, 1.807) is 0 Å². The van der Waals surface area contributed by atoms with Gasteiger partial charge in [-0.1, -0.05) is 18.2 Å². The minimum atomic E-state index is -0.518. The number of hydrogen-bond donors (Lipinski definition) is 1. The Morgan fingerprint density at radius 3 is 2.16 bits per heavy atom. The number of benzene rings is 2. The van der Waals surface area contributed by atoms with E-state index in [2.05, 4.69) is 0 Å². The molecule has 2 N–H and O–H groups in total. The number of urea groups is 1. The first-order chi connectivity index (χ1) is 9.22. The van der Waals surface area contributed by atoms with E-state index >= 15 is 0 Å². The molecule has 0 saturated carbocycles. The van der Waals surface area contributed by atoms with Crippen molar-refractivity contribution in [3.63, 3.8) is 0 Å². The van der Waals surface area contributed by atoms with Gasteiger partial charge in [-0.15, -0.1) is 0 Å². The number of anilines is 2. The molecule has 2 amide bonds. The molecule has 4 heteroatoms. The number of para-hydroxylation sites is 1. The summed E-state index contributed by atoms with van der Waals surface area (Å²) in [4.78, 5) is 13.1. The minimum absolute atomic E-state index is 0.518. The standard InChI is InChI=1S/C15H16N2O2/c1-2-19-14-10-8-13(9-11-14)17(15(16)18)12-6-4-3-5-7-12/h3-11H,2H2,1H3,(H2,16,18). The van der Waals surface area contributed by atoms with Gasteiger partial charge in [-0.2, -0.15) is 0 Å². The van der Waals surface area contributed by atoms with Gasteiger partial charge in [0.15, 0.2) is 0 Å². The maximum absolute atomic E-state index is 11.6. The first-order valence-corrected chi connectivity index (χ1v) is 6.10. The number of carbonyl (C=O) groups excluding carboxylic acids is 1. The van der Waals surface area contributed by atoms with Crippen LogP contribution in [0.5, 0.6) is 5.75 Å². The maximum atomic E-state index is 11.6. The van der Waals surface area contributed by atoms with Crippen molar-refractivity contribution < 1.29 is 9.53 Å². The molecule has 0 aliphatic carbocycles. The first kappa shape index (κ1) is 13.0. The topological polar surface area (TPSA) is 55.6 Å². The molecule has 2 aromatic carbocycles. The molecule has 0 spiro atoms. The van der Waals surface area contributed by atoms with Crippen LogP contribution in [0.2, 0.25) is 0 Å². The molecule has 0 bridgehead atoms. The molecule has 0 unspecified atom stereocenters. The highest BCUT2D eigenvalue weighted by atomic mass is 16.5. The Kier molecular flexibility index (Phi) is 4.03. The third-order valence-corrected chi connectivity index (χ3v) is 2.64. The van der Waals surface area contributed by atoms with Gasteiger partial charge in [-0.05, 0) is 43.3 Å². The molecule has 2 rings (SSSR count). The average molecular weight is 256 g/mol. The van der Waals surface area contributed by atoms with Crippen molar-refractivity contribution in [2.75, 3.05) is 11.5 Å². The molecular formula is C15H16N2O2. The molecular weight excluding hydrogens is 240 g/mol. The summed E-state index contributed by atoms with van der Waals surface area (Å²) in [6, 6.07) is 16.0. The van der Waals surface area contributed by atoms with E-state index in [1.165, 1.54) is 4.90 Å². The zero-order valence-corrected chi connectivity index (χ0v) is 10.7. The van der Waals surface area contributed by atoms with Gasteiger partial charge in [0.05, 0.1) is 18.0 Å². The van der Waals surface area contributed by atoms with Crippen molar-refractivity contribution in [3.05, 3.63) is 54.6 Å². The number of amides is 2. The summed E-state index contributed by atoms with van der Waals surface area (Å²) in [5.74, 6) is 0.767. The Bertz CT molecular complexity index is 538. The fourth-order valence-corrected chi connectivity index (χ4v) is 1.84. The lowest BCUT2D eigenvalue weighted by molar-refractivity contribution is 0.256. The van der Waals surface area contributed by atoms with Crippen LogP contribution in [0.15, 0.2) is 54.6 Å². The van der Waals surface area contributed by atoms with Gasteiger partial charge in [0, 0.05) is 0 Å². The smallest absolute Gasteiger partial charge is 0.323 e. The van der Waals surface area contributed by atoms with Crippen molar-refractivity contribution in [3.8, 4) is 5.75 Å². The predicted molar refractivity (Wildman–Crippen MR) is 75.8 cm³/mol. The van der Waals surface area contributed by atoms with E-state index < -0.39 is 6.03 Å². The lowest BCUT2D eigenvalue weighted by atomic mass is 10.2. The van der Waals surface area contributed by atoms with Gasteiger partial charge in [-0.25, -0.2) is 4.79 Å². The maximum Gasteiger partial charge on any atom is 0.323 e. The average Bonchev–Trinajstić information content (AvgIpc) is 2.42. The summed E-state index contributed by atoms with van der Waals surface area (Å²) in [5, 5.41) is 0. The van der Waals surface area contributed by atoms with Crippen LogP contribution in [-0.2, 0) is 0 Å². The van der Waals surface area contributed by atoms with Crippen LogP contribution in [-0.4, -0.2) is 12.6 Å². The highest BCUT2D eigenvalue weighted by Gasteiger charge is 2.14. The quantitative estimate of drug-likeness (QED) is 0.912. The molecule has 4 nitrogen and oxygen atoms in total. The number of nitrogens with two attached hydrogens (primary N) is 1. The molecule has 0 radical (unpaired) electrons. The van der Waals surface area contributed by atoms with Crippen molar-refractivity contribution >= 4 is 17.4 Å². The Hall–Kier alpha value is -2.49. The van der Waals surface area contributed by atoms with E-state index in [1.807, 2.05) is 61.5 Å². The molecule has 98 valence electrons. The highest BCUT2D eigenvalue weighted by Crippen LogP contribution is 2.26. The number of nitrogens with zero attached hydrogens (tertiary/aromatic N) is 1. The lowest BCUT2D eigenvalue weighted by Gasteiger charge is -2.20. The number of carbonyl (C=O) groups is 1. The summed E-state index contributed by atoms with van der Waals surface area (Å²) in [7, 11) is 0. The second-order valence-electron chi connectivity index (χ2n) is 3.94. The Morgan fingerprint density at radius 1 is 1.05 bits per heavy atom. The molecule has 0 aliphatic heterocycles. The van der Waals surface area contributed by atoms with Crippen molar-refractivity contribution in [2.45, 2.75) is 6.92 Å². The van der Waals surface area contributed by atoms with Gasteiger partial charge in [0.25, 0.3) is 0 Å². The van der Waals surface area contributed by atoms with Gasteiger partial charge in [0.1, 0.15) is 5.75 Å². The monoisotopic (exact) mass is 256 g/mol. The summed E-state index contributed by atoms with van der Waals surface area (Å²) >= 11 is 0. The van der Waals surface area contributed by atoms with E-state index in [9.17, 15) is 4.79 Å². The van der Waals surface area contributed by atoms with E-state index in [-0.39, 0.29) is 0 Å². The number of hydrogen-bond acceptors (Lipinski definition) is 2. The molecule has 19 heavy (non-hydrogen) atoms. The lowest BCUT2D eigenvalue weighted by Crippen LogP contribution is -2.31. The van der Waals surface area contributed by atoms with Crippen LogP contribution in [0, 0.1) is 0 Å². The van der Waals surface area contributed by atoms with E-state index in [0.29, 0.717) is 12.3 Å². The number of primary amides is 1. The molecule has 0 aliphatic rings. The van der Waals surface area contributed by atoms with Gasteiger partial charge in [-0.3, -0.25) is 4.90 Å². The van der Waals surface area contributed by atoms with Crippen molar-refractivity contribution in [1.82, 2.24) is 0 Å². The largest absolute Gasteiger partial charge is 0.494 e. The second-order valence-corrected chi connectivity index (χ2v) is 3.94. The third-order valence-electron chi connectivity index (χ3n) is 2.64. The van der Waals surface area contributed by atoms with Crippen LogP contribution in [0.3, 0.4) is 0 Å². The third kappa shape index (κ3) is 3.04. The fourth-order valence-electron chi connectivity index (χ4n) is 1.84. The Labute approximate surface area is 112 Å². The fraction of sp³-hybridized carbons (Fsp3) is 0.133. The van der Waals surface area contributed by atoms with Crippen LogP contribution >= 0.6 is 0 Å². The SMILES string of the molecule is CCOc1ccc(N(C(N)=O)c2ccccc2)cc1. The minimum Gasteiger partial charge on any atom is -0.494 e. The zero-order valence-electron chi connectivity index (χ0n) is 10.7. The number of rotatable bonds is 4. The molecule has 0 fully saturated rings. The molecule has 0 heterocycles. The van der Waals surface area contributed by atoms with Crippen LogP contribution < -0.4 is 15.4 Å². The highest BCUT2D eigenvalue weighted by molar-refractivity contribution is 5.98. The molecule has 0 atom stereocenters. The van der Waals surface area contributed by atoms with Gasteiger partial charge < -0.3 is 10.5 Å². The summed E-state index contributed by atoms with van der Waals surface area (Å²) < 4.78 is 5.37. The molecule has 0 saturated heterocycles. The van der Waals surface area contributed by atoms with Crippen molar-refractivity contribution in [1.29, 1.82) is 0 Å². The number of ether oxygens (including phenoxy) is 1. The van der Waals surface area contributed by atoms with Crippen LogP contribution in [0.1, 0.15) is 6.92 Å². The van der Waals surface area contributed by atoms with E-state index in [0.717, 1.165) is 11.4 Å². The second kappa shape index (κ2) is 5.91. The summed E-state index contributed by atoms with van der Waals surface area (Å²) in [6.07, 6.45) is 0. The summed E-state index contributed by atoms with van der Waals surface area (Å²) in [6.45, 7) is 2.53. The normalized spacial score (nSPS) is 9.95. The Balaban J connectivity index is 2.32. The summed E-state index contributed by atoms with van der Waals surface area (Å²) in [5.41, 5.74) is 6.90.